The van der Waals surface area contributed by atoms with Crippen molar-refractivity contribution >= 4 is 34.7 Å². The minimum atomic E-state index is -1.17. The van der Waals surface area contributed by atoms with Gasteiger partial charge in [0, 0.05) is 10.6 Å². The van der Waals surface area contributed by atoms with Crippen LogP contribution in [-0.2, 0) is 23.8 Å². The molecule has 0 spiro atoms. The molecule has 1 aromatic heterocycles. The topological polar surface area (TPSA) is 95.3 Å². The predicted octanol–water partition coefficient (Wildman–Crippen LogP) is 4.14. The van der Waals surface area contributed by atoms with Gasteiger partial charge in [-0.2, -0.15) is 0 Å². The Bertz CT molecular complexity index is 1260. The SMILES string of the molecule is CCOC(=O)C1=C(C(=O)OCC)N2C(C)=C(C)SC2OC1c1coc2ccc(C)cc2c1=O. The molecule has 0 radical (unpaired) electrons. The molecule has 0 saturated carbocycles. The molecule has 1 aromatic carbocycles. The Kier molecular flexibility index (Phi) is 6.36. The molecule has 2 atom stereocenters. The van der Waals surface area contributed by atoms with Gasteiger partial charge in [-0.15, -0.1) is 0 Å². The van der Waals surface area contributed by atoms with Gasteiger partial charge in [0.1, 0.15) is 29.2 Å². The summed E-state index contributed by atoms with van der Waals surface area (Å²) in [7, 11) is 0. The van der Waals surface area contributed by atoms with Crippen molar-refractivity contribution in [3.05, 3.63) is 67.7 Å². The van der Waals surface area contributed by atoms with E-state index >= 15 is 0 Å². The number of carbonyl (C=O) groups excluding carboxylic acids is 2. The molecule has 0 bridgehead atoms. The molecule has 4 rings (SSSR count). The third kappa shape index (κ3) is 3.95. The van der Waals surface area contributed by atoms with E-state index in [9.17, 15) is 14.4 Å². The summed E-state index contributed by atoms with van der Waals surface area (Å²) in [6.45, 7) is 9.16. The summed E-state index contributed by atoms with van der Waals surface area (Å²) in [5.74, 6) is -1.44. The number of aryl methyl sites for hydroxylation is 1. The zero-order valence-corrected chi connectivity index (χ0v) is 19.9. The van der Waals surface area contributed by atoms with Gasteiger partial charge < -0.3 is 23.5 Å². The Hall–Kier alpha value is -3.04. The highest BCUT2D eigenvalue weighted by Crippen LogP contribution is 2.49. The van der Waals surface area contributed by atoms with Crippen LogP contribution in [0.15, 0.2) is 55.5 Å². The second kappa shape index (κ2) is 9.07. The van der Waals surface area contributed by atoms with Gasteiger partial charge in [0.25, 0.3) is 0 Å². The first-order valence-corrected chi connectivity index (χ1v) is 11.6. The molecule has 9 heteroatoms. The lowest BCUT2D eigenvalue weighted by Gasteiger charge is -2.38. The number of esters is 2. The van der Waals surface area contributed by atoms with Gasteiger partial charge in [0.15, 0.2) is 11.0 Å². The molecular formula is C24H25NO7S. The fourth-order valence-electron chi connectivity index (χ4n) is 3.91. The van der Waals surface area contributed by atoms with Gasteiger partial charge in [0.05, 0.1) is 24.2 Å². The molecule has 3 heterocycles. The van der Waals surface area contributed by atoms with Gasteiger partial charge in [-0.25, -0.2) is 9.59 Å². The zero-order valence-electron chi connectivity index (χ0n) is 19.1. The van der Waals surface area contributed by atoms with Crippen molar-refractivity contribution in [2.24, 2.45) is 0 Å². The smallest absolute Gasteiger partial charge is 0.355 e. The van der Waals surface area contributed by atoms with Crippen LogP contribution in [0.3, 0.4) is 0 Å². The quantitative estimate of drug-likeness (QED) is 0.596. The van der Waals surface area contributed by atoms with Crippen molar-refractivity contribution in [3.8, 4) is 0 Å². The van der Waals surface area contributed by atoms with Crippen LogP contribution >= 0.6 is 11.8 Å². The van der Waals surface area contributed by atoms with Crippen LogP contribution in [0.1, 0.15) is 44.9 Å². The van der Waals surface area contributed by atoms with Crippen molar-refractivity contribution in [1.29, 1.82) is 0 Å². The number of carbonyl (C=O) groups is 2. The minimum Gasteiger partial charge on any atom is -0.464 e. The van der Waals surface area contributed by atoms with Gasteiger partial charge in [-0.1, -0.05) is 23.4 Å². The van der Waals surface area contributed by atoms with Crippen molar-refractivity contribution in [2.75, 3.05) is 13.2 Å². The second-order valence-corrected chi connectivity index (χ2v) is 8.93. The second-order valence-electron chi connectivity index (χ2n) is 7.68. The monoisotopic (exact) mass is 471 g/mol. The average molecular weight is 472 g/mol. The molecule has 2 aromatic rings. The maximum absolute atomic E-state index is 13.5. The van der Waals surface area contributed by atoms with Crippen molar-refractivity contribution < 1.29 is 28.2 Å². The van der Waals surface area contributed by atoms with E-state index in [1.165, 1.54) is 18.0 Å². The van der Waals surface area contributed by atoms with Crippen molar-refractivity contribution in [1.82, 2.24) is 4.90 Å². The summed E-state index contributed by atoms with van der Waals surface area (Å²) in [6, 6.07) is 5.28. The van der Waals surface area contributed by atoms with Gasteiger partial charge in [-0.05, 0) is 46.8 Å². The third-order valence-electron chi connectivity index (χ3n) is 5.57. The summed E-state index contributed by atoms with van der Waals surface area (Å²) in [4.78, 5) is 42.3. The first-order valence-electron chi connectivity index (χ1n) is 10.7. The highest BCUT2D eigenvalue weighted by Gasteiger charge is 2.48. The molecule has 0 N–H and O–H groups in total. The van der Waals surface area contributed by atoms with E-state index in [0.29, 0.717) is 11.0 Å². The highest BCUT2D eigenvalue weighted by molar-refractivity contribution is 8.03. The summed E-state index contributed by atoms with van der Waals surface area (Å²) in [5, 5.41) is 0.365. The van der Waals surface area contributed by atoms with Crippen LogP contribution in [0, 0.1) is 6.92 Å². The molecule has 2 aliphatic heterocycles. The average Bonchev–Trinajstić information content (AvgIpc) is 3.06. The van der Waals surface area contributed by atoms with E-state index in [4.69, 9.17) is 18.6 Å². The fraction of sp³-hybridized carbons (Fsp3) is 0.375. The van der Waals surface area contributed by atoms with Crippen LogP contribution in [0.5, 0.6) is 0 Å². The molecule has 2 aliphatic rings. The van der Waals surface area contributed by atoms with Crippen LogP contribution in [-0.4, -0.2) is 35.6 Å². The highest BCUT2D eigenvalue weighted by atomic mass is 32.2. The lowest BCUT2D eigenvalue weighted by molar-refractivity contribution is -0.149. The van der Waals surface area contributed by atoms with E-state index < -0.39 is 23.6 Å². The van der Waals surface area contributed by atoms with E-state index in [1.54, 1.807) is 30.9 Å². The van der Waals surface area contributed by atoms with Crippen LogP contribution in [0.4, 0.5) is 0 Å². The summed E-state index contributed by atoms with van der Waals surface area (Å²) in [5.41, 5.74) is 1.12. The predicted molar refractivity (Wildman–Crippen MR) is 123 cm³/mol. The number of nitrogens with zero attached hydrogens (tertiary/aromatic N) is 1. The normalized spacial score (nSPS) is 20.3. The first-order chi connectivity index (χ1) is 15.8. The number of hydrogen-bond acceptors (Lipinski definition) is 9. The molecule has 2 unspecified atom stereocenters. The number of hydrogen-bond donors (Lipinski definition) is 0. The van der Waals surface area contributed by atoms with E-state index in [1.807, 2.05) is 26.8 Å². The van der Waals surface area contributed by atoms with Gasteiger partial charge in [-0.3, -0.25) is 4.79 Å². The Morgan fingerprint density at radius 2 is 1.79 bits per heavy atom. The van der Waals surface area contributed by atoms with Crippen LogP contribution < -0.4 is 5.43 Å². The van der Waals surface area contributed by atoms with Gasteiger partial charge in [0.2, 0.25) is 0 Å². The first kappa shape index (κ1) is 23.1. The number of thioether (sulfide) groups is 1. The Balaban J connectivity index is 1.98. The van der Waals surface area contributed by atoms with Crippen molar-refractivity contribution in [3.63, 3.8) is 0 Å². The van der Waals surface area contributed by atoms with Gasteiger partial charge >= 0.3 is 11.9 Å². The maximum atomic E-state index is 13.5. The number of rotatable bonds is 5. The molecule has 0 saturated heterocycles. The number of fused-ring (bicyclic) bond motifs is 2. The summed E-state index contributed by atoms with van der Waals surface area (Å²) >= 11 is 1.39. The zero-order chi connectivity index (χ0) is 23.9. The van der Waals surface area contributed by atoms with E-state index in [-0.39, 0.29) is 35.5 Å². The molecule has 0 fully saturated rings. The lowest BCUT2D eigenvalue weighted by atomic mass is 9.97. The molecule has 8 nitrogen and oxygen atoms in total. The summed E-state index contributed by atoms with van der Waals surface area (Å²) in [6.07, 6.45) is 0.117. The Labute approximate surface area is 195 Å². The number of benzene rings is 1. The fourth-order valence-corrected chi connectivity index (χ4v) is 5.01. The Morgan fingerprint density at radius 1 is 1.09 bits per heavy atom. The molecular weight excluding hydrogens is 446 g/mol. The molecule has 0 aliphatic carbocycles. The molecule has 174 valence electrons. The largest absolute Gasteiger partial charge is 0.464 e. The van der Waals surface area contributed by atoms with Crippen LogP contribution in [0.2, 0.25) is 0 Å². The van der Waals surface area contributed by atoms with Crippen LogP contribution in [0.25, 0.3) is 11.0 Å². The third-order valence-corrected chi connectivity index (χ3v) is 6.74. The number of allylic oxidation sites excluding steroid dienone is 2. The molecule has 0 amide bonds. The Morgan fingerprint density at radius 3 is 2.48 bits per heavy atom. The summed E-state index contributed by atoms with van der Waals surface area (Å²) < 4.78 is 22.6. The maximum Gasteiger partial charge on any atom is 0.355 e. The number of ether oxygens (including phenoxy) is 3. The van der Waals surface area contributed by atoms with Crippen molar-refractivity contribution in [2.45, 2.75) is 46.3 Å². The lowest BCUT2D eigenvalue weighted by Crippen LogP contribution is -2.43. The minimum absolute atomic E-state index is 0.0159. The van der Waals surface area contributed by atoms with E-state index in [2.05, 4.69) is 0 Å². The standard InChI is InChI=1S/C24H25NO7S/c1-6-29-22(27)18-19(23(28)30-7-2)25-13(4)14(5)33-24(25)32-21(18)16-11-31-17-9-8-12(3)10-15(17)20(16)26/h8-11,21,24H,6-7H2,1-5H3. The molecule has 33 heavy (non-hydrogen) atoms. The van der Waals surface area contributed by atoms with E-state index in [0.717, 1.165) is 16.2 Å².